The predicted octanol–water partition coefficient (Wildman–Crippen LogP) is 15.6. The van der Waals surface area contributed by atoms with E-state index in [0.29, 0.717) is 0 Å². The summed E-state index contributed by atoms with van der Waals surface area (Å²) in [5, 5.41) is 17.6. The van der Waals surface area contributed by atoms with Gasteiger partial charge in [0.05, 0.1) is 26.8 Å². The van der Waals surface area contributed by atoms with Crippen molar-refractivity contribution in [3.05, 3.63) is 182 Å². The zero-order chi connectivity index (χ0) is 37.6. The first kappa shape index (κ1) is 30.8. The Kier molecular flexibility index (Phi) is 5.91. The van der Waals surface area contributed by atoms with Gasteiger partial charge >= 0.3 is 0 Å². The molecule has 58 heavy (non-hydrogen) atoms. The standard InChI is InChI=1S/C54H30N2OS/c1-5-13-37-31(9-1)17-25-43-49(37)50-38-14-6-2-10-32(38)18-26-44(50)55(43)35-21-23-41-47(29-35)57-53-42-24-22-36(30-48(42)58-54(41)53)56-45-27-19-33-11-3-7-15-39(33)51(45)52-40-16-8-4-12-34(40)20-28-46(52)56/h1-30H. The van der Waals surface area contributed by atoms with Gasteiger partial charge in [0.1, 0.15) is 5.58 Å². The van der Waals surface area contributed by atoms with E-state index in [9.17, 15) is 0 Å². The molecule has 0 unspecified atom stereocenters. The van der Waals surface area contributed by atoms with Crippen molar-refractivity contribution in [1.29, 1.82) is 0 Å². The molecule has 4 heteroatoms. The van der Waals surface area contributed by atoms with E-state index in [0.717, 1.165) is 33.3 Å². The summed E-state index contributed by atoms with van der Waals surface area (Å²) < 4.78 is 14.1. The number of hydrogen-bond acceptors (Lipinski definition) is 2. The molecule has 0 N–H and O–H groups in total. The number of nitrogens with zero attached hydrogens (tertiary/aromatic N) is 2. The Labute approximate surface area is 334 Å². The molecule has 14 rings (SSSR count). The lowest BCUT2D eigenvalue weighted by atomic mass is 10.00. The molecule has 0 saturated carbocycles. The van der Waals surface area contributed by atoms with Crippen molar-refractivity contribution in [1.82, 2.24) is 9.13 Å². The van der Waals surface area contributed by atoms with Crippen LogP contribution in [-0.2, 0) is 0 Å². The largest absolute Gasteiger partial charge is 0.454 e. The molecule has 3 nitrogen and oxygen atoms in total. The Morgan fingerprint density at radius 1 is 0.345 bits per heavy atom. The van der Waals surface area contributed by atoms with E-state index in [2.05, 4.69) is 191 Å². The molecule has 4 heterocycles. The molecule has 0 atom stereocenters. The van der Waals surface area contributed by atoms with E-state index in [4.69, 9.17) is 4.42 Å². The molecule has 0 spiro atoms. The van der Waals surface area contributed by atoms with E-state index < -0.39 is 0 Å². The van der Waals surface area contributed by atoms with Crippen LogP contribution < -0.4 is 0 Å². The van der Waals surface area contributed by atoms with Gasteiger partial charge in [0, 0.05) is 54.5 Å². The van der Waals surface area contributed by atoms with Crippen LogP contribution in [-0.4, -0.2) is 9.13 Å². The minimum absolute atomic E-state index is 0.905. The first-order chi connectivity index (χ1) is 28.8. The highest BCUT2D eigenvalue weighted by Gasteiger charge is 2.21. The molecule has 0 aliphatic rings. The minimum Gasteiger partial charge on any atom is -0.454 e. The fourth-order valence-corrected chi connectivity index (χ4v) is 11.4. The summed E-state index contributed by atoms with van der Waals surface area (Å²) in [6, 6.07) is 66.8. The molecule has 0 amide bonds. The Morgan fingerprint density at radius 3 is 1.19 bits per heavy atom. The molecule has 0 aliphatic carbocycles. The van der Waals surface area contributed by atoms with Gasteiger partial charge < -0.3 is 13.6 Å². The summed E-state index contributed by atoms with van der Waals surface area (Å²) in [4.78, 5) is 0. The van der Waals surface area contributed by atoms with Crippen LogP contribution >= 0.6 is 11.3 Å². The maximum atomic E-state index is 6.87. The first-order valence-corrected chi connectivity index (χ1v) is 20.7. The number of benzene rings is 10. The molecule has 4 aromatic heterocycles. The Morgan fingerprint density at radius 2 is 0.741 bits per heavy atom. The first-order valence-electron chi connectivity index (χ1n) is 19.8. The zero-order valence-electron chi connectivity index (χ0n) is 31.0. The molecule has 0 saturated heterocycles. The minimum atomic E-state index is 0.905. The van der Waals surface area contributed by atoms with Gasteiger partial charge in [0.25, 0.3) is 0 Å². The topological polar surface area (TPSA) is 23.0 Å². The highest BCUT2D eigenvalue weighted by molar-refractivity contribution is 7.26. The molecular formula is C54H30N2OS. The van der Waals surface area contributed by atoms with Crippen molar-refractivity contribution in [2.45, 2.75) is 0 Å². The van der Waals surface area contributed by atoms with E-state index in [1.165, 1.54) is 96.1 Å². The van der Waals surface area contributed by atoms with Crippen LogP contribution in [0.25, 0.3) is 129 Å². The number of thiophene rings is 1. The molecule has 14 aromatic rings. The van der Waals surface area contributed by atoms with Crippen molar-refractivity contribution in [2.75, 3.05) is 0 Å². The zero-order valence-corrected chi connectivity index (χ0v) is 31.8. The summed E-state index contributed by atoms with van der Waals surface area (Å²) in [5.41, 5.74) is 8.93. The van der Waals surface area contributed by atoms with Crippen LogP contribution in [0.2, 0.25) is 0 Å². The third-order valence-corrected chi connectivity index (χ3v) is 13.8. The summed E-state index contributed by atoms with van der Waals surface area (Å²) in [7, 11) is 0. The van der Waals surface area contributed by atoms with Gasteiger partial charge in [-0.25, -0.2) is 0 Å². The van der Waals surface area contributed by atoms with Gasteiger partial charge in [-0.15, -0.1) is 11.3 Å². The second-order valence-corrected chi connectivity index (χ2v) is 16.7. The molecule has 10 aromatic carbocycles. The smallest absolute Gasteiger partial charge is 0.154 e. The maximum absolute atomic E-state index is 6.87. The quantitative estimate of drug-likeness (QED) is 0.172. The molecule has 268 valence electrons. The van der Waals surface area contributed by atoms with Crippen LogP contribution in [0.3, 0.4) is 0 Å². The lowest BCUT2D eigenvalue weighted by molar-refractivity contribution is 0.673. The van der Waals surface area contributed by atoms with E-state index >= 15 is 0 Å². The average molecular weight is 755 g/mol. The molecule has 0 fully saturated rings. The third kappa shape index (κ3) is 3.97. The summed E-state index contributed by atoms with van der Waals surface area (Å²) >= 11 is 1.82. The van der Waals surface area contributed by atoms with E-state index in [1.807, 2.05) is 11.3 Å². The maximum Gasteiger partial charge on any atom is 0.154 e. The van der Waals surface area contributed by atoms with Crippen LogP contribution in [0.1, 0.15) is 0 Å². The number of aromatic nitrogens is 2. The van der Waals surface area contributed by atoms with Gasteiger partial charge in [-0.1, -0.05) is 121 Å². The van der Waals surface area contributed by atoms with E-state index in [-0.39, 0.29) is 0 Å². The van der Waals surface area contributed by atoms with Crippen molar-refractivity contribution in [2.24, 2.45) is 0 Å². The summed E-state index contributed by atoms with van der Waals surface area (Å²) in [5.74, 6) is 0. The second-order valence-electron chi connectivity index (χ2n) is 15.6. The van der Waals surface area contributed by atoms with Crippen molar-refractivity contribution >= 4 is 129 Å². The number of hydrogen-bond donors (Lipinski definition) is 0. The lowest BCUT2D eigenvalue weighted by Crippen LogP contribution is -1.93. The SMILES string of the molecule is c1ccc2c(c1)ccc1c2c2c3ccccc3ccc2n1-c1ccc2c(c1)oc1c3ccc(-n4c5ccc6ccccc6c5c5c6ccccc6ccc54)cc3sc21. The van der Waals surface area contributed by atoms with Crippen LogP contribution in [0.4, 0.5) is 0 Å². The van der Waals surface area contributed by atoms with Gasteiger partial charge in [0.2, 0.25) is 0 Å². The lowest BCUT2D eigenvalue weighted by Gasteiger charge is -2.09. The number of furan rings is 1. The van der Waals surface area contributed by atoms with Crippen LogP contribution in [0.15, 0.2) is 186 Å². The van der Waals surface area contributed by atoms with Gasteiger partial charge in [-0.3, -0.25) is 0 Å². The van der Waals surface area contributed by atoms with Crippen molar-refractivity contribution < 1.29 is 4.42 Å². The average Bonchev–Trinajstić information content (AvgIpc) is 4.02. The van der Waals surface area contributed by atoms with Gasteiger partial charge in [-0.05, 0) is 97.7 Å². The summed E-state index contributed by atoms with van der Waals surface area (Å²) in [6.45, 7) is 0. The normalized spacial score (nSPS) is 12.5. The van der Waals surface area contributed by atoms with Crippen LogP contribution in [0, 0.1) is 0 Å². The molecule has 0 radical (unpaired) electrons. The summed E-state index contributed by atoms with van der Waals surface area (Å²) in [6.07, 6.45) is 0. The van der Waals surface area contributed by atoms with Gasteiger partial charge in [0.15, 0.2) is 5.58 Å². The molecule has 0 aliphatic heterocycles. The van der Waals surface area contributed by atoms with E-state index in [1.54, 1.807) is 0 Å². The third-order valence-electron chi connectivity index (χ3n) is 12.7. The fourth-order valence-electron chi connectivity index (χ4n) is 10.2. The van der Waals surface area contributed by atoms with Crippen LogP contribution in [0.5, 0.6) is 0 Å². The highest BCUT2D eigenvalue weighted by atomic mass is 32.1. The predicted molar refractivity (Wildman–Crippen MR) is 248 cm³/mol. The Hall–Kier alpha value is -7.40. The van der Waals surface area contributed by atoms with Gasteiger partial charge in [-0.2, -0.15) is 0 Å². The van der Waals surface area contributed by atoms with Crippen molar-refractivity contribution in [3.8, 4) is 11.4 Å². The molecule has 0 bridgehead atoms. The highest BCUT2D eigenvalue weighted by Crippen LogP contribution is 2.46. The molecular weight excluding hydrogens is 725 g/mol. The Bertz CT molecular complexity index is 3650. The monoisotopic (exact) mass is 754 g/mol. The van der Waals surface area contributed by atoms with Crippen molar-refractivity contribution in [3.63, 3.8) is 0 Å². The Balaban J connectivity index is 0.973. The fraction of sp³-hybridized carbons (Fsp3) is 0. The second kappa shape index (κ2) is 11.1. The number of rotatable bonds is 2. The number of fused-ring (bicyclic) bond motifs is 19.